The SMILES string of the molecule is CN1C(=O)N(Cc2ccc(-c3ccc4c(c3)CN(C3CC3)C4=O)cc2)C(C)(C)C1=O. The molecule has 4 amide bonds. The third-order valence-electron chi connectivity index (χ3n) is 6.57. The number of hydrogen-bond acceptors (Lipinski definition) is 3. The highest BCUT2D eigenvalue weighted by molar-refractivity contribution is 6.06. The van der Waals surface area contributed by atoms with Crippen molar-refractivity contribution in [2.24, 2.45) is 0 Å². The molecule has 1 saturated heterocycles. The molecule has 3 aliphatic rings. The summed E-state index contributed by atoms with van der Waals surface area (Å²) in [5, 5.41) is 0. The molecule has 0 spiro atoms. The molecule has 0 radical (unpaired) electrons. The molecule has 1 aliphatic carbocycles. The summed E-state index contributed by atoms with van der Waals surface area (Å²) in [6, 6.07) is 14.3. The van der Waals surface area contributed by atoms with Crippen LogP contribution < -0.4 is 0 Å². The van der Waals surface area contributed by atoms with Gasteiger partial charge >= 0.3 is 6.03 Å². The minimum atomic E-state index is -0.843. The number of likely N-dealkylation sites (N-methyl/N-ethyl adjacent to an activating group) is 1. The summed E-state index contributed by atoms with van der Waals surface area (Å²) < 4.78 is 0. The Morgan fingerprint density at radius 1 is 0.967 bits per heavy atom. The van der Waals surface area contributed by atoms with Crippen LogP contribution in [0.1, 0.15) is 48.2 Å². The number of fused-ring (bicyclic) bond motifs is 1. The number of rotatable bonds is 4. The number of imide groups is 1. The Balaban J connectivity index is 1.35. The lowest BCUT2D eigenvalue weighted by atomic mass is 9.99. The van der Waals surface area contributed by atoms with Gasteiger partial charge in [-0.15, -0.1) is 0 Å². The first kappa shape index (κ1) is 18.9. The Hall–Kier alpha value is -3.15. The van der Waals surface area contributed by atoms with Crippen LogP contribution in [-0.4, -0.2) is 51.2 Å². The van der Waals surface area contributed by atoms with E-state index in [-0.39, 0.29) is 17.8 Å². The molecule has 30 heavy (non-hydrogen) atoms. The predicted molar refractivity (Wildman–Crippen MR) is 113 cm³/mol. The Bertz CT molecular complexity index is 1070. The largest absolute Gasteiger partial charge is 0.331 e. The normalized spacial score (nSPS) is 20.4. The molecule has 2 heterocycles. The highest BCUT2D eigenvalue weighted by Gasteiger charge is 2.49. The van der Waals surface area contributed by atoms with Crippen molar-refractivity contribution < 1.29 is 14.4 Å². The number of nitrogens with zero attached hydrogens (tertiary/aromatic N) is 3. The molecule has 1 saturated carbocycles. The number of benzene rings is 2. The van der Waals surface area contributed by atoms with E-state index in [1.54, 1.807) is 18.7 Å². The zero-order chi connectivity index (χ0) is 21.2. The molecule has 6 nitrogen and oxygen atoms in total. The summed E-state index contributed by atoms with van der Waals surface area (Å²) in [4.78, 5) is 42.0. The number of carbonyl (C=O) groups is 3. The molecule has 0 aromatic heterocycles. The minimum Gasteiger partial charge on any atom is -0.331 e. The highest BCUT2D eigenvalue weighted by atomic mass is 16.2. The summed E-state index contributed by atoms with van der Waals surface area (Å²) in [5.74, 6) is -0.0242. The topological polar surface area (TPSA) is 60.9 Å². The third-order valence-corrected chi connectivity index (χ3v) is 6.57. The molecule has 0 unspecified atom stereocenters. The van der Waals surface area contributed by atoms with Crippen molar-refractivity contribution in [2.45, 2.75) is 51.4 Å². The van der Waals surface area contributed by atoms with Crippen LogP contribution in [0.4, 0.5) is 4.79 Å². The van der Waals surface area contributed by atoms with Crippen LogP contribution in [0, 0.1) is 0 Å². The van der Waals surface area contributed by atoms with Crippen molar-refractivity contribution in [1.82, 2.24) is 14.7 Å². The Labute approximate surface area is 176 Å². The Morgan fingerprint density at radius 3 is 2.23 bits per heavy atom. The Morgan fingerprint density at radius 2 is 1.63 bits per heavy atom. The van der Waals surface area contributed by atoms with Crippen LogP contribution in [0.3, 0.4) is 0 Å². The van der Waals surface area contributed by atoms with Gasteiger partial charge in [-0.1, -0.05) is 30.3 Å². The molecule has 0 N–H and O–H groups in total. The average Bonchev–Trinajstić information content (AvgIpc) is 3.51. The number of urea groups is 1. The predicted octanol–water partition coefficient (Wildman–Crippen LogP) is 3.64. The zero-order valence-electron chi connectivity index (χ0n) is 17.5. The standard InChI is InChI=1S/C24H25N3O3/c1-24(2)22(29)25(3)23(30)27(24)13-15-4-6-16(7-5-15)17-8-11-20-18(12-17)14-26(21(20)28)19-9-10-19/h4-8,11-12,19H,9-10,13-14H2,1-3H3. The number of carbonyl (C=O) groups excluding carboxylic acids is 3. The summed E-state index contributed by atoms with van der Waals surface area (Å²) in [6.45, 7) is 4.65. The van der Waals surface area contributed by atoms with Gasteiger partial charge in [0, 0.05) is 31.7 Å². The molecule has 2 fully saturated rings. The van der Waals surface area contributed by atoms with Crippen molar-refractivity contribution in [1.29, 1.82) is 0 Å². The molecular weight excluding hydrogens is 378 g/mol. The van der Waals surface area contributed by atoms with Crippen molar-refractivity contribution in [3.8, 4) is 11.1 Å². The maximum Gasteiger partial charge on any atom is 0.327 e. The van der Waals surface area contributed by atoms with E-state index in [0.717, 1.165) is 40.7 Å². The number of hydrogen-bond donors (Lipinski definition) is 0. The lowest BCUT2D eigenvalue weighted by Crippen LogP contribution is -2.43. The van der Waals surface area contributed by atoms with E-state index < -0.39 is 5.54 Å². The van der Waals surface area contributed by atoms with Gasteiger partial charge in [0.15, 0.2) is 0 Å². The molecule has 2 aliphatic heterocycles. The van der Waals surface area contributed by atoms with E-state index >= 15 is 0 Å². The lowest BCUT2D eigenvalue weighted by Gasteiger charge is -2.27. The van der Waals surface area contributed by atoms with Gasteiger partial charge in [-0.05, 0) is 61.1 Å². The second-order valence-corrected chi connectivity index (χ2v) is 9.02. The molecular formula is C24H25N3O3. The summed E-state index contributed by atoms with van der Waals surface area (Å²) in [7, 11) is 1.53. The van der Waals surface area contributed by atoms with Crippen LogP contribution in [0.5, 0.6) is 0 Å². The second-order valence-electron chi connectivity index (χ2n) is 9.02. The summed E-state index contributed by atoms with van der Waals surface area (Å²) >= 11 is 0. The van der Waals surface area contributed by atoms with E-state index in [0.29, 0.717) is 19.1 Å². The third kappa shape index (κ3) is 2.82. The first-order chi connectivity index (χ1) is 14.3. The monoisotopic (exact) mass is 403 g/mol. The van der Waals surface area contributed by atoms with Crippen LogP contribution in [-0.2, 0) is 17.9 Å². The fourth-order valence-corrected chi connectivity index (χ4v) is 4.49. The molecule has 0 atom stereocenters. The van der Waals surface area contributed by atoms with Crippen LogP contribution in [0.25, 0.3) is 11.1 Å². The Kier molecular flexibility index (Phi) is 4.04. The van der Waals surface area contributed by atoms with Crippen LogP contribution >= 0.6 is 0 Å². The van der Waals surface area contributed by atoms with Crippen molar-refractivity contribution in [3.05, 3.63) is 59.2 Å². The fourth-order valence-electron chi connectivity index (χ4n) is 4.49. The smallest absolute Gasteiger partial charge is 0.327 e. The highest BCUT2D eigenvalue weighted by Crippen LogP contribution is 2.36. The van der Waals surface area contributed by atoms with E-state index in [4.69, 9.17) is 0 Å². The van der Waals surface area contributed by atoms with Crippen molar-refractivity contribution >= 4 is 17.8 Å². The molecule has 154 valence electrons. The van der Waals surface area contributed by atoms with E-state index in [9.17, 15) is 14.4 Å². The van der Waals surface area contributed by atoms with Gasteiger partial charge in [-0.2, -0.15) is 0 Å². The van der Waals surface area contributed by atoms with Gasteiger partial charge in [-0.3, -0.25) is 14.5 Å². The van der Waals surface area contributed by atoms with E-state index in [1.807, 2.05) is 41.3 Å². The molecule has 0 bridgehead atoms. The van der Waals surface area contributed by atoms with Gasteiger partial charge in [0.05, 0.1) is 0 Å². The average molecular weight is 403 g/mol. The van der Waals surface area contributed by atoms with Gasteiger partial charge in [0.1, 0.15) is 5.54 Å². The maximum absolute atomic E-state index is 12.5. The van der Waals surface area contributed by atoms with Gasteiger partial charge < -0.3 is 9.80 Å². The first-order valence-electron chi connectivity index (χ1n) is 10.4. The minimum absolute atomic E-state index is 0.159. The van der Waals surface area contributed by atoms with Crippen LogP contribution in [0.2, 0.25) is 0 Å². The van der Waals surface area contributed by atoms with Crippen molar-refractivity contribution in [3.63, 3.8) is 0 Å². The zero-order valence-corrected chi connectivity index (χ0v) is 17.5. The lowest BCUT2D eigenvalue weighted by molar-refractivity contribution is -0.131. The number of amides is 4. The first-order valence-corrected chi connectivity index (χ1v) is 10.4. The molecule has 6 heteroatoms. The van der Waals surface area contributed by atoms with Gasteiger partial charge in [0.25, 0.3) is 11.8 Å². The van der Waals surface area contributed by atoms with Gasteiger partial charge in [-0.25, -0.2) is 4.79 Å². The second kappa shape index (κ2) is 6.42. The molecule has 2 aromatic carbocycles. The van der Waals surface area contributed by atoms with Crippen LogP contribution in [0.15, 0.2) is 42.5 Å². The summed E-state index contributed by atoms with van der Waals surface area (Å²) in [5.41, 5.74) is 4.20. The van der Waals surface area contributed by atoms with E-state index in [2.05, 4.69) is 6.07 Å². The van der Waals surface area contributed by atoms with Crippen molar-refractivity contribution in [2.75, 3.05) is 7.05 Å². The molecule has 2 aromatic rings. The maximum atomic E-state index is 12.5. The fraction of sp³-hybridized carbons (Fsp3) is 0.375. The van der Waals surface area contributed by atoms with E-state index in [1.165, 1.54) is 11.9 Å². The molecule has 5 rings (SSSR count). The summed E-state index contributed by atoms with van der Waals surface area (Å²) in [6.07, 6.45) is 2.23. The van der Waals surface area contributed by atoms with Gasteiger partial charge in [0.2, 0.25) is 0 Å². The quantitative estimate of drug-likeness (QED) is 0.733.